The fourth-order valence-corrected chi connectivity index (χ4v) is 3.14. The highest BCUT2D eigenvalue weighted by molar-refractivity contribution is 5.19. The molecule has 0 saturated heterocycles. The van der Waals surface area contributed by atoms with E-state index in [-0.39, 0.29) is 0 Å². The van der Waals surface area contributed by atoms with Crippen LogP contribution >= 0.6 is 0 Å². The van der Waals surface area contributed by atoms with Crippen molar-refractivity contribution in [2.45, 2.75) is 52.5 Å². The number of aromatic nitrogens is 2. The van der Waals surface area contributed by atoms with Crippen LogP contribution in [0.1, 0.15) is 56.8 Å². The van der Waals surface area contributed by atoms with Crippen LogP contribution in [-0.4, -0.2) is 16.3 Å². The summed E-state index contributed by atoms with van der Waals surface area (Å²) in [5.41, 5.74) is 2.60. The topological polar surface area (TPSA) is 29.9 Å². The molecule has 1 aliphatic rings. The van der Waals surface area contributed by atoms with Crippen molar-refractivity contribution in [3.05, 3.63) is 17.5 Å². The van der Waals surface area contributed by atoms with Crippen LogP contribution in [0.4, 0.5) is 0 Å². The molecule has 2 rings (SSSR count). The molecule has 0 aliphatic heterocycles. The Morgan fingerprint density at radius 2 is 2.28 bits per heavy atom. The summed E-state index contributed by atoms with van der Waals surface area (Å²) in [5, 5.41) is 8.01. The normalized spacial score (nSPS) is 26.2. The van der Waals surface area contributed by atoms with Gasteiger partial charge in [0.15, 0.2) is 0 Å². The summed E-state index contributed by atoms with van der Waals surface area (Å²) in [5.74, 6) is 1.79. The van der Waals surface area contributed by atoms with Gasteiger partial charge in [-0.25, -0.2) is 0 Å². The zero-order valence-electron chi connectivity index (χ0n) is 12.2. The van der Waals surface area contributed by atoms with Crippen LogP contribution in [0.2, 0.25) is 0 Å². The third-order valence-electron chi connectivity index (χ3n) is 4.50. The lowest BCUT2D eigenvalue weighted by Crippen LogP contribution is -2.28. The van der Waals surface area contributed by atoms with Gasteiger partial charge in [-0.3, -0.25) is 4.68 Å². The molecule has 0 radical (unpaired) electrons. The highest BCUT2D eigenvalue weighted by atomic mass is 15.3. The number of rotatable bonds is 4. The van der Waals surface area contributed by atoms with Crippen molar-refractivity contribution in [2.24, 2.45) is 18.9 Å². The van der Waals surface area contributed by atoms with Crippen LogP contribution in [0.5, 0.6) is 0 Å². The van der Waals surface area contributed by atoms with Gasteiger partial charge >= 0.3 is 0 Å². The Balaban J connectivity index is 1.84. The SMILES string of the molecule is Cc1c(C(C)NCC2CCCC(C)C2)cnn1C. The molecular formula is C15H27N3. The number of nitrogens with one attached hydrogen (secondary N) is 1. The smallest absolute Gasteiger partial charge is 0.0540 e. The third-order valence-corrected chi connectivity index (χ3v) is 4.50. The van der Waals surface area contributed by atoms with Crippen LogP contribution in [0, 0.1) is 18.8 Å². The van der Waals surface area contributed by atoms with Gasteiger partial charge in [-0.1, -0.05) is 19.8 Å². The first-order valence-corrected chi connectivity index (χ1v) is 7.29. The molecule has 0 bridgehead atoms. The number of aryl methyl sites for hydroxylation is 1. The first-order valence-electron chi connectivity index (χ1n) is 7.29. The Labute approximate surface area is 111 Å². The van der Waals surface area contributed by atoms with Crippen molar-refractivity contribution >= 4 is 0 Å². The number of nitrogens with zero attached hydrogens (tertiary/aromatic N) is 2. The molecule has 18 heavy (non-hydrogen) atoms. The molecule has 1 N–H and O–H groups in total. The first kappa shape index (κ1) is 13.6. The summed E-state index contributed by atoms with van der Waals surface area (Å²) in [4.78, 5) is 0. The van der Waals surface area contributed by atoms with Gasteiger partial charge in [-0.2, -0.15) is 5.10 Å². The van der Waals surface area contributed by atoms with Gasteiger partial charge in [0.2, 0.25) is 0 Å². The minimum absolute atomic E-state index is 0.413. The van der Waals surface area contributed by atoms with Crippen molar-refractivity contribution in [1.82, 2.24) is 15.1 Å². The van der Waals surface area contributed by atoms with E-state index in [4.69, 9.17) is 0 Å². The van der Waals surface area contributed by atoms with E-state index in [1.54, 1.807) is 0 Å². The molecule has 0 amide bonds. The van der Waals surface area contributed by atoms with Crippen molar-refractivity contribution < 1.29 is 0 Å². The molecule has 1 aromatic heterocycles. The van der Waals surface area contributed by atoms with Gasteiger partial charge in [-0.15, -0.1) is 0 Å². The van der Waals surface area contributed by atoms with Gasteiger partial charge in [0.25, 0.3) is 0 Å². The van der Waals surface area contributed by atoms with E-state index in [1.165, 1.54) is 36.9 Å². The van der Waals surface area contributed by atoms with E-state index in [2.05, 4.69) is 31.2 Å². The lowest BCUT2D eigenvalue weighted by molar-refractivity contribution is 0.268. The maximum atomic E-state index is 4.32. The predicted molar refractivity (Wildman–Crippen MR) is 75.5 cm³/mol. The fourth-order valence-electron chi connectivity index (χ4n) is 3.14. The zero-order chi connectivity index (χ0) is 13.1. The summed E-state index contributed by atoms with van der Waals surface area (Å²) >= 11 is 0. The molecule has 102 valence electrons. The molecule has 1 aliphatic carbocycles. The van der Waals surface area contributed by atoms with Gasteiger partial charge < -0.3 is 5.32 Å². The molecule has 3 nitrogen and oxygen atoms in total. The lowest BCUT2D eigenvalue weighted by Gasteiger charge is -2.28. The van der Waals surface area contributed by atoms with Crippen molar-refractivity contribution in [1.29, 1.82) is 0 Å². The molecule has 1 saturated carbocycles. The zero-order valence-corrected chi connectivity index (χ0v) is 12.2. The molecular weight excluding hydrogens is 222 g/mol. The molecule has 3 heteroatoms. The van der Waals surface area contributed by atoms with Gasteiger partial charge in [-0.05, 0) is 45.1 Å². The average molecular weight is 249 g/mol. The number of hydrogen-bond donors (Lipinski definition) is 1. The summed E-state index contributed by atoms with van der Waals surface area (Å²) in [6, 6.07) is 0.413. The van der Waals surface area contributed by atoms with Crippen LogP contribution in [0.3, 0.4) is 0 Å². The Morgan fingerprint density at radius 1 is 1.50 bits per heavy atom. The second-order valence-corrected chi connectivity index (χ2v) is 6.08. The second-order valence-electron chi connectivity index (χ2n) is 6.08. The van der Waals surface area contributed by atoms with E-state index in [9.17, 15) is 0 Å². The van der Waals surface area contributed by atoms with Crippen LogP contribution in [0.15, 0.2) is 6.20 Å². The monoisotopic (exact) mass is 249 g/mol. The van der Waals surface area contributed by atoms with E-state index in [0.717, 1.165) is 18.4 Å². The molecule has 1 heterocycles. The van der Waals surface area contributed by atoms with E-state index < -0.39 is 0 Å². The lowest BCUT2D eigenvalue weighted by atomic mass is 9.82. The van der Waals surface area contributed by atoms with E-state index in [1.807, 2.05) is 17.9 Å². The molecule has 0 aromatic carbocycles. The summed E-state index contributed by atoms with van der Waals surface area (Å²) in [6.07, 6.45) is 7.62. The van der Waals surface area contributed by atoms with Crippen LogP contribution in [-0.2, 0) is 7.05 Å². The molecule has 1 fully saturated rings. The van der Waals surface area contributed by atoms with Gasteiger partial charge in [0.1, 0.15) is 0 Å². The van der Waals surface area contributed by atoms with E-state index >= 15 is 0 Å². The molecule has 0 spiro atoms. The average Bonchev–Trinajstić information content (AvgIpc) is 2.67. The van der Waals surface area contributed by atoms with Gasteiger partial charge in [0, 0.05) is 24.3 Å². The maximum absolute atomic E-state index is 4.32. The highest BCUT2D eigenvalue weighted by Gasteiger charge is 2.20. The molecule has 1 aromatic rings. The van der Waals surface area contributed by atoms with Crippen LogP contribution < -0.4 is 5.32 Å². The van der Waals surface area contributed by atoms with Crippen molar-refractivity contribution in [3.8, 4) is 0 Å². The van der Waals surface area contributed by atoms with Crippen LogP contribution in [0.25, 0.3) is 0 Å². The third kappa shape index (κ3) is 3.14. The van der Waals surface area contributed by atoms with E-state index in [0.29, 0.717) is 6.04 Å². The number of hydrogen-bond acceptors (Lipinski definition) is 2. The Hall–Kier alpha value is -0.830. The summed E-state index contributed by atoms with van der Waals surface area (Å²) < 4.78 is 1.95. The Morgan fingerprint density at radius 3 is 2.89 bits per heavy atom. The maximum Gasteiger partial charge on any atom is 0.0540 e. The van der Waals surface area contributed by atoms with Gasteiger partial charge in [0.05, 0.1) is 6.20 Å². The quantitative estimate of drug-likeness (QED) is 0.888. The molecule has 3 atom stereocenters. The minimum Gasteiger partial charge on any atom is -0.310 e. The highest BCUT2D eigenvalue weighted by Crippen LogP contribution is 2.28. The predicted octanol–water partition coefficient (Wildman–Crippen LogP) is 3.21. The Bertz CT molecular complexity index is 383. The fraction of sp³-hybridized carbons (Fsp3) is 0.800. The molecule has 3 unspecified atom stereocenters. The minimum atomic E-state index is 0.413. The first-order chi connectivity index (χ1) is 8.58. The Kier molecular flexibility index (Phi) is 4.44. The summed E-state index contributed by atoms with van der Waals surface area (Å²) in [6.45, 7) is 7.93. The largest absolute Gasteiger partial charge is 0.310 e. The second kappa shape index (κ2) is 5.87. The standard InChI is InChI=1S/C15H27N3/c1-11-6-5-7-14(8-11)9-16-12(2)15-10-17-18(4)13(15)3/h10-12,14,16H,5-9H2,1-4H3. The van der Waals surface area contributed by atoms with Crippen molar-refractivity contribution in [2.75, 3.05) is 6.54 Å². The summed E-state index contributed by atoms with van der Waals surface area (Å²) in [7, 11) is 2.01. The van der Waals surface area contributed by atoms with Crippen molar-refractivity contribution in [3.63, 3.8) is 0 Å².